The lowest BCUT2D eigenvalue weighted by atomic mass is 10.1. The van der Waals surface area contributed by atoms with E-state index in [4.69, 9.17) is 0 Å². The molecule has 3 heteroatoms. The maximum atomic E-state index is 10.7. The summed E-state index contributed by atoms with van der Waals surface area (Å²) in [6, 6.07) is 5.50. The molecule has 0 saturated carbocycles. The summed E-state index contributed by atoms with van der Waals surface area (Å²) in [7, 11) is 0. The molecule has 0 unspecified atom stereocenters. The van der Waals surface area contributed by atoms with Crippen LogP contribution < -0.4 is 0 Å². The molecular weight excluding hydrogens is 220 g/mol. The minimum Gasteiger partial charge on any atom is -0.508 e. The molecule has 2 nitrogen and oxygen atoms in total. The van der Waals surface area contributed by atoms with Crippen LogP contribution in [0.4, 0.5) is 0 Å². The van der Waals surface area contributed by atoms with Crippen molar-refractivity contribution in [3.05, 3.63) is 35.4 Å². The summed E-state index contributed by atoms with van der Waals surface area (Å²) < 4.78 is 0. The zero-order chi connectivity index (χ0) is 12.0. The average Bonchev–Trinajstić information content (AvgIpc) is 2.22. The van der Waals surface area contributed by atoms with Gasteiger partial charge in [0.15, 0.2) is 5.12 Å². The highest BCUT2D eigenvalue weighted by Gasteiger charge is 1.95. The maximum absolute atomic E-state index is 10.7. The van der Waals surface area contributed by atoms with E-state index >= 15 is 0 Å². The molecule has 0 heterocycles. The highest BCUT2D eigenvalue weighted by molar-refractivity contribution is 8.13. The molecule has 1 rings (SSSR count). The van der Waals surface area contributed by atoms with Crippen molar-refractivity contribution in [2.75, 3.05) is 5.75 Å². The number of hydrogen-bond acceptors (Lipinski definition) is 3. The van der Waals surface area contributed by atoms with Crippen molar-refractivity contribution >= 4 is 23.0 Å². The molecule has 0 aromatic heterocycles. The van der Waals surface area contributed by atoms with Crippen LogP contribution >= 0.6 is 11.8 Å². The minimum absolute atomic E-state index is 0.161. The highest BCUT2D eigenvalue weighted by atomic mass is 32.2. The molecule has 0 fully saturated rings. The van der Waals surface area contributed by atoms with Gasteiger partial charge in [0.1, 0.15) is 5.75 Å². The van der Waals surface area contributed by atoms with Crippen LogP contribution in [0.15, 0.2) is 24.3 Å². The predicted molar refractivity (Wildman–Crippen MR) is 69.6 cm³/mol. The topological polar surface area (TPSA) is 37.3 Å². The summed E-state index contributed by atoms with van der Waals surface area (Å²) in [6.07, 6.45) is 4.93. The van der Waals surface area contributed by atoms with Crippen LogP contribution in [0.2, 0.25) is 0 Å². The predicted octanol–water partition coefficient (Wildman–Crippen LogP) is 3.38. The molecule has 0 amide bonds. The Balaban J connectivity index is 2.44. The van der Waals surface area contributed by atoms with Crippen LogP contribution in [0.1, 0.15) is 24.5 Å². The first kappa shape index (κ1) is 12.8. The Bertz CT molecular complexity index is 397. The molecule has 1 N–H and O–H groups in total. The third-order valence-electron chi connectivity index (χ3n) is 2.12. The molecule has 86 valence electrons. The van der Waals surface area contributed by atoms with Crippen LogP contribution in [0.5, 0.6) is 5.75 Å². The lowest BCUT2D eigenvalue weighted by molar-refractivity contribution is -0.109. The second-order valence-corrected chi connectivity index (χ2v) is 4.85. The largest absolute Gasteiger partial charge is 0.508 e. The number of phenols is 1. The lowest BCUT2D eigenvalue weighted by Crippen LogP contribution is -1.83. The zero-order valence-electron chi connectivity index (χ0n) is 9.56. The van der Waals surface area contributed by atoms with Gasteiger partial charge in [-0.1, -0.05) is 30.0 Å². The smallest absolute Gasteiger partial charge is 0.185 e. The van der Waals surface area contributed by atoms with Crippen molar-refractivity contribution in [3.8, 4) is 5.75 Å². The van der Waals surface area contributed by atoms with Gasteiger partial charge in [0, 0.05) is 12.7 Å². The fraction of sp³-hybridized carbons (Fsp3) is 0.308. The fourth-order valence-corrected chi connectivity index (χ4v) is 1.81. The van der Waals surface area contributed by atoms with Gasteiger partial charge in [-0.25, -0.2) is 0 Å². The van der Waals surface area contributed by atoms with E-state index in [0.717, 1.165) is 23.3 Å². The molecule has 0 atom stereocenters. The van der Waals surface area contributed by atoms with Gasteiger partial charge in [-0.3, -0.25) is 4.79 Å². The first-order valence-corrected chi connectivity index (χ1v) is 6.17. The van der Waals surface area contributed by atoms with Gasteiger partial charge < -0.3 is 5.11 Å². The Morgan fingerprint density at radius 2 is 2.25 bits per heavy atom. The SMILES string of the molecule is CC(=O)SCCC=Cc1ccc(O)c(C)c1. The van der Waals surface area contributed by atoms with Crippen LogP contribution in [0.3, 0.4) is 0 Å². The van der Waals surface area contributed by atoms with Gasteiger partial charge in [0.05, 0.1) is 0 Å². The molecule has 1 aromatic rings. The summed E-state index contributed by atoms with van der Waals surface area (Å²) in [5.74, 6) is 1.15. The Labute approximate surface area is 100 Å². The second-order valence-electron chi connectivity index (χ2n) is 3.58. The van der Waals surface area contributed by atoms with E-state index in [9.17, 15) is 9.90 Å². The molecule has 0 radical (unpaired) electrons. The quantitative estimate of drug-likeness (QED) is 0.814. The number of allylic oxidation sites excluding steroid dienone is 1. The summed E-state index contributed by atoms with van der Waals surface area (Å²) in [5, 5.41) is 9.51. The van der Waals surface area contributed by atoms with E-state index in [-0.39, 0.29) is 5.12 Å². The third kappa shape index (κ3) is 4.53. The standard InChI is InChI=1S/C13H16O2S/c1-10-9-12(6-7-13(10)15)5-3-4-8-16-11(2)14/h3,5-7,9,15H,4,8H2,1-2H3. The van der Waals surface area contributed by atoms with Gasteiger partial charge in [-0.05, 0) is 36.6 Å². The number of thioether (sulfide) groups is 1. The van der Waals surface area contributed by atoms with E-state index in [1.165, 1.54) is 11.8 Å². The summed E-state index contributed by atoms with van der Waals surface area (Å²) >= 11 is 1.34. The number of hydrogen-bond donors (Lipinski definition) is 1. The monoisotopic (exact) mass is 236 g/mol. The molecule has 0 aliphatic rings. The van der Waals surface area contributed by atoms with Crippen LogP contribution in [0.25, 0.3) is 6.08 Å². The second kappa shape index (κ2) is 6.38. The number of benzene rings is 1. The molecule has 0 bridgehead atoms. The maximum Gasteiger partial charge on any atom is 0.185 e. The van der Waals surface area contributed by atoms with E-state index in [0.29, 0.717) is 5.75 Å². The molecule has 16 heavy (non-hydrogen) atoms. The molecule has 0 saturated heterocycles. The van der Waals surface area contributed by atoms with Crippen LogP contribution in [-0.2, 0) is 4.79 Å². The normalized spacial score (nSPS) is 10.9. The number of carbonyl (C=O) groups excluding carboxylic acids is 1. The Hall–Kier alpha value is -1.22. The number of carbonyl (C=O) groups is 1. The first-order chi connectivity index (χ1) is 7.59. The summed E-state index contributed by atoms with van der Waals surface area (Å²) in [6.45, 7) is 3.45. The highest BCUT2D eigenvalue weighted by Crippen LogP contribution is 2.18. The van der Waals surface area contributed by atoms with Crippen LogP contribution in [0, 0.1) is 6.92 Å². The van der Waals surface area contributed by atoms with Gasteiger partial charge in [-0.2, -0.15) is 0 Å². The Kier molecular flexibility index (Phi) is 5.12. The fourth-order valence-electron chi connectivity index (χ4n) is 1.27. The number of aryl methyl sites for hydroxylation is 1. The third-order valence-corrected chi connectivity index (χ3v) is 2.97. The van der Waals surface area contributed by atoms with E-state index in [1.54, 1.807) is 13.0 Å². The van der Waals surface area contributed by atoms with Crippen molar-refractivity contribution in [3.63, 3.8) is 0 Å². The van der Waals surface area contributed by atoms with Gasteiger partial charge in [0.2, 0.25) is 0 Å². The van der Waals surface area contributed by atoms with E-state index < -0.39 is 0 Å². The zero-order valence-corrected chi connectivity index (χ0v) is 10.4. The summed E-state index contributed by atoms with van der Waals surface area (Å²) in [4.78, 5) is 10.7. The first-order valence-electron chi connectivity index (χ1n) is 5.19. The van der Waals surface area contributed by atoms with Gasteiger partial charge in [0.25, 0.3) is 0 Å². The Morgan fingerprint density at radius 1 is 1.50 bits per heavy atom. The van der Waals surface area contributed by atoms with Crippen molar-refractivity contribution in [1.29, 1.82) is 0 Å². The van der Waals surface area contributed by atoms with Crippen molar-refractivity contribution in [2.45, 2.75) is 20.3 Å². The van der Waals surface area contributed by atoms with Gasteiger partial charge in [-0.15, -0.1) is 0 Å². The molecular formula is C13H16O2S. The Morgan fingerprint density at radius 3 is 2.88 bits per heavy atom. The number of phenolic OH excluding ortho intramolecular Hbond substituents is 1. The van der Waals surface area contributed by atoms with Crippen molar-refractivity contribution < 1.29 is 9.90 Å². The van der Waals surface area contributed by atoms with Gasteiger partial charge >= 0.3 is 0 Å². The minimum atomic E-state index is 0.161. The lowest BCUT2D eigenvalue weighted by Gasteiger charge is -1.99. The summed E-state index contributed by atoms with van der Waals surface area (Å²) in [5.41, 5.74) is 1.95. The molecule has 0 spiro atoms. The molecule has 0 aliphatic carbocycles. The molecule has 0 aliphatic heterocycles. The number of rotatable bonds is 4. The van der Waals surface area contributed by atoms with Crippen molar-refractivity contribution in [1.82, 2.24) is 0 Å². The average molecular weight is 236 g/mol. The van der Waals surface area contributed by atoms with Crippen LogP contribution in [-0.4, -0.2) is 16.0 Å². The van der Waals surface area contributed by atoms with E-state index in [1.807, 2.05) is 31.2 Å². The van der Waals surface area contributed by atoms with Crippen molar-refractivity contribution in [2.24, 2.45) is 0 Å². The number of aromatic hydroxyl groups is 1. The van der Waals surface area contributed by atoms with E-state index in [2.05, 4.69) is 0 Å². The molecule has 1 aromatic carbocycles.